The second kappa shape index (κ2) is 25.1. The largest absolute Gasteiger partial charge is 0.384 e. The maximum absolute atomic E-state index is 15.7. The zero-order valence-electron chi connectivity index (χ0n) is 39.0. The van der Waals surface area contributed by atoms with Crippen LogP contribution in [0, 0.1) is 18.6 Å². The number of rotatable bonds is 24. The van der Waals surface area contributed by atoms with E-state index in [4.69, 9.17) is 29.7 Å². The van der Waals surface area contributed by atoms with Crippen LogP contribution in [0.25, 0.3) is 28.1 Å². The molecule has 18 nitrogen and oxygen atoms in total. The molecule has 2 aromatic carbocycles. The lowest BCUT2D eigenvalue weighted by Gasteiger charge is -2.36. The molecular formula is C48H60F2N10O8. The third-order valence-electron chi connectivity index (χ3n) is 11.3. The fourth-order valence-corrected chi connectivity index (χ4v) is 7.93. The number of aldehydes is 1. The van der Waals surface area contributed by atoms with Gasteiger partial charge in [-0.25, -0.2) is 23.7 Å². The number of aromatic nitrogens is 4. The molecule has 2 aliphatic rings. The summed E-state index contributed by atoms with van der Waals surface area (Å²) >= 11 is 0. The number of halogens is 2. The van der Waals surface area contributed by atoms with Gasteiger partial charge in [0.15, 0.2) is 5.65 Å². The molecule has 0 radical (unpaired) electrons. The number of benzene rings is 2. The topological polar surface area (TPSA) is 209 Å². The zero-order valence-corrected chi connectivity index (χ0v) is 39.0. The number of nitrogens with two attached hydrogens (primary N) is 1. The quantitative estimate of drug-likeness (QED) is 0.0437. The fraction of sp³-hybridized carbons (Fsp3) is 0.438. The van der Waals surface area contributed by atoms with Crippen LogP contribution in [0.4, 0.5) is 26.0 Å². The molecular weight excluding hydrogens is 883 g/mol. The molecule has 3 amide bonds. The molecule has 1 saturated heterocycles. The van der Waals surface area contributed by atoms with Crippen LogP contribution in [0.2, 0.25) is 0 Å². The molecule has 1 unspecified atom stereocenters. The van der Waals surface area contributed by atoms with Crippen molar-refractivity contribution >= 4 is 52.4 Å². The summed E-state index contributed by atoms with van der Waals surface area (Å²) in [7, 11) is 1.36. The van der Waals surface area contributed by atoms with Gasteiger partial charge < -0.3 is 45.0 Å². The molecule has 5 aromatic rings. The lowest BCUT2D eigenvalue weighted by atomic mass is 10.1. The molecule has 0 spiro atoms. The third-order valence-corrected chi connectivity index (χ3v) is 11.3. The summed E-state index contributed by atoms with van der Waals surface area (Å²) in [4.78, 5) is 68.1. The van der Waals surface area contributed by atoms with Gasteiger partial charge in [0.25, 0.3) is 11.8 Å². The molecule has 5 heterocycles. The van der Waals surface area contributed by atoms with Crippen molar-refractivity contribution in [3.63, 3.8) is 0 Å². The minimum Gasteiger partial charge on any atom is -0.384 e. The highest BCUT2D eigenvalue weighted by Gasteiger charge is 2.43. The minimum atomic E-state index is -1.19. The van der Waals surface area contributed by atoms with Crippen molar-refractivity contribution in [2.45, 2.75) is 39.7 Å². The number of pyridine rings is 2. The molecule has 0 saturated carbocycles. The number of hydrogen-bond donors (Lipinski definition) is 3. The lowest BCUT2D eigenvalue weighted by molar-refractivity contribution is -0.124. The number of anilines is 3. The van der Waals surface area contributed by atoms with E-state index in [0.717, 1.165) is 41.9 Å². The summed E-state index contributed by atoms with van der Waals surface area (Å²) in [6.45, 7) is 12.8. The predicted octanol–water partition coefficient (Wildman–Crippen LogP) is 4.67. The number of nitrogens with one attached hydrogen (secondary N) is 2. The van der Waals surface area contributed by atoms with E-state index in [1.165, 1.54) is 19.2 Å². The summed E-state index contributed by atoms with van der Waals surface area (Å²) in [6, 6.07) is 13.7. The number of likely N-dealkylation sites (N-methyl/N-ethyl adjacent to an activating group) is 1. The summed E-state index contributed by atoms with van der Waals surface area (Å²) in [5, 5.41) is 5.27. The van der Waals surface area contributed by atoms with Crippen molar-refractivity contribution in [3.05, 3.63) is 89.4 Å². The number of piperazine rings is 1. The Morgan fingerprint density at radius 2 is 1.49 bits per heavy atom. The Bertz CT molecular complexity index is 2520. The monoisotopic (exact) mass is 942 g/mol. The van der Waals surface area contributed by atoms with Gasteiger partial charge in [0, 0.05) is 70.6 Å². The number of imidazole rings is 1. The average Bonchev–Trinajstić information content (AvgIpc) is 3.80. The summed E-state index contributed by atoms with van der Waals surface area (Å²) in [6.07, 6.45) is 2.16. The summed E-state index contributed by atoms with van der Waals surface area (Å²) < 4.78 is 54.9. The first-order chi connectivity index (χ1) is 33.1. The Morgan fingerprint density at radius 1 is 0.824 bits per heavy atom. The third kappa shape index (κ3) is 12.5. The number of hydrogen-bond acceptors (Lipinski definition) is 15. The molecule has 68 heavy (non-hydrogen) atoms. The maximum Gasteiger partial charge on any atom is 0.262 e. The minimum absolute atomic E-state index is 0.0104. The van der Waals surface area contributed by atoms with Gasteiger partial charge in [-0.1, -0.05) is 13.8 Å². The number of carbonyl (C=O) groups excluding carboxylic acids is 4. The van der Waals surface area contributed by atoms with Crippen molar-refractivity contribution in [3.8, 4) is 16.9 Å². The second-order valence-corrected chi connectivity index (χ2v) is 15.6. The number of amides is 3. The van der Waals surface area contributed by atoms with E-state index in [1.54, 1.807) is 12.3 Å². The zero-order chi connectivity index (χ0) is 48.6. The van der Waals surface area contributed by atoms with Crippen LogP contribution in [-0.4, -0.2) is 159 Å². The Kier molecular flexibility index (Phi) is 18.8. The van der Waals surface area contributed by atoms with Crippen LogP contribution in [0.5, 0.6) is 0 Å². The molecule has 1 atom stereocenters. The fourth-order valence-electron chi connectivity index (χ4n) is 7.93. The summed E-state index contributed by atoms with van der Waals surface area (Å²) in [5.41, 5.74) is 9.82. The molecule has 364 valence electrons. The van der Waals surface area contributed by atoms with E-state index >= 15 is 4.39 Å². The van der Waals surface area contributed by atoms with E-state index in [9.17, 15) is 23.6 Å². The number of nitrogen functional groups attached to an aromatic ring is 1. The smallest absolute Gasteiger partial charge is 0.262 e. The number of ether oxygens (including phenoxy) is 4. The van der Waals surface area contributed by atoms with Crippen molar-refractivity contribution in [2.24, 2.45) is 0 Å². The van der Waals surface area contributed by atoms with Gasteiger partial charge in [-0.05, 0) is 61.9 Å². The highest BCUT2D eigenvalue weighted by atomic mass is 19.1. The Labute approximate surface area is 394 Å². The van der Waals surface area contributed by atoms with Crippen LogP contribution in [0.1, 0.15) is 53.2 Å². The van der Waals surface area contributed by atoms with E-state index in [2.05, 4.69) is 30.4 Å². The van der Waals surface area contributed by atoms with Crippen molar-refractivity contribution in [1.82, 2.24) is 34.6 Å². The molecule has 0 aliphatic carbocycles. The Morgan fingerprint density at radius 3 is 2.13 bits per heavy atom. The molecule has 3 aromatic heterocycles. The van der Waals surface area contributed by atoms with Crippen LogP contribution < -0.4 is 21.3 Å². The van der Waals surface area contributed by atoms with Crippen LogP contribution in [0.15, 0.2) is 60.8 Å². The van der Waals surface area contributed by atoms with Crippen LogP contribution in [-0.2, 0) is 28.5 Å². The van der Waals surface area contributed by atoms with E-state index in [0.29, 0.717) is 99.8 Å². The molecule has 0 bridgehead atoms. The molecule has 1 fully saturated rings. The first-order valence-corrected chi connectivity index (χ1v) is 22.8. The van der Waals surface area contributed by atoms with Gasteiger partial charge in [0.1, 0.15) is 41.1 Å². The summed E-state index contributed by atoms with van der Waals surface area (Å²) in [5.74, 6) is -2.06. The van der Waals surface area contributed by atoms with Crippen molar-refractivity contribution in [1.29, 1.82) is 0 Å². The highest BCUT2D eigenvalue weighted by Crippen LogP contribution is 2.31. The van der Waals surface area contributed by atoms with E-state index in [1.807, 2.05) is 55.7 Å². The SMILES string of the molecule is CC.CNC(=O)C(CCC=O)N1C(=O)c2cc(F)c(NCCOCCOCCOCCOCCN3CCN(c4ccc(-n5c(C)nc6ccc(-c7ccnc(N)c7)nc65)cc4F)CC3)cc2C1=O. The van der Waals surface area contributed by atoms with Gasteiger partial charge in [-0.2, -0.15) is 0 Å². The molecule has 4 N–H and O–H groups in total. The van der Waals surface area contributed by atoms with E-state index < -0.39 is 29.6 Å². The average molecular weight is 943 g/mol. The van der Waals surface area contributed by atoms with E-state index in [-0.39, 0.29) is 48.6 Å². The number of imide groups is 1. The van der Waals surface area contributed by atoms with Gasteiger partial charge in [-0.15, -0.1) is 0 Å². The van der Waals surface area contributed by atoms with Crippen molar-refractivity contribution in [2.75, 3.05) is 115 Å². The number of aryl methyl sites for hydroxylation is 1. The normalized spacial score (nSPS) is 14.2. The molecule has 20 heteroatoms. The first kappa shape index (κ1) is 51.0. The molecule has 7 rings (SSSR count). The number of carbonyl (C=O) groups is 4. The molecule has 2 aliphatic heterocycles. The van der Waals surface area contributed by atoms with Gasteiger partial charge >= 0.3 is 0 Å². The predicted molar refractivity (Wildman–Crippen MR) is 253 cm³/mol. The van der Waals surface area contributed by atoms with Gasteiger partial charge in [0.05, 0.1) is 86.7 Å². The van der Waals surface area contributed by atoms with Crippen LogP contribution in [0.3, 0.4) is 0 Å². The first-order valence-electron chi connectivity index (χ1n) is 22.8. The Balaban J connectivity index is 0.00000376. The van der Waals surface area contributed by atoms with Crippen LogP contribution >= 0.6 is 0 Å². The highest BCUT2D eigenvalue weighted by molar-refractivity contribution is 6.23. The number of nitrogens with zero attached hydrogens (tertiary/aromatic N) is 7. The van der Waals surface area contributed by atoms with Gasteiger partial charge in [-0.3, -0.25) is 28.8 Å². The standard InChI is InChI=1S/C46H54F2N10O8.C2H6/c1-30-53-38-7-6-37(31-9-10-52-42(49)26-31)54-43(38)57(30)32-5-8-40(36(48)27-32)56-14-12-55(13-15-56)16-19-64-21-23-66-25-24-65-22-20-63-18-11-51-39-29-34-33(28-35(39)47)45(61)58(46(34)62)41(4-3-17-59)44(60)50-2;1-2/h5-10,17,26-29,41,51H,3-4,11-16,18-25H2,1-2H3,(H2,49,52)(H,50,60);1-2H3. The van der Waals surface area contributed by atoms with Crippen molar-refractivity contribution < 1.29 is 46.9 Å². The lowest BCUT2D eigenvalue weighted by Crippen LogP contribution is -2.48. The second-order valence-electron chi connectivity index (χ2n) is 15.6. The number of fused-ring (bicyclic) bond motifs is 2. The Hall–Kier alpha value is -6.45. The maximum atomic E-state index is 15.7. The van der Waals surface area contributed by atoms with Gasteiger partial charge in [0.2, 0.25) is 5.91 Å².